The van der Waals surface area contributed by atoms with Crippen LogP contribution in [0.15, 0.2) is 54.9 Å². The lowest BCUT2D eigenvalue weighted by Gasteiger charge is -2.10. The molecular formula is C15H13N3. The minimum Gasteiger partial charge on any atom is -0.355 e. The molecule has 0 saturated heterocycles. The summed E-state index contributed by atoms with van der Waals surface area (Å²) in [6.07, 6.45) is 3.55. The Morgan fingerprint density at radius 2 is 1.78 bits per heavy atom. The zero-order valence-corrected chi connectivity index (χ0v) is 10.1. The molecular weight excluding hydrogens is 222 g/mol. The van der Waals surface area contributed by atoms with Crippen LogP contribution in [-0.2, 0) is 0 Å². The Hall–Kier alpha value is -2.42. The Kier molecular flexibility index (Phi) is 2.65. The largest absolute Gasteiger partial charge is 0.355 e. The highest BCUT2D eigenvalue weighted by Crippen LogP contribution is 2.25. The van der Waals surface area contributed by atoms with Crippen molar-refractivity contribution in [2.24, 2.45) is 0 Å². The second-order valence-corrected chi connectivity index (χ2v) is 4.19. The van der Waals surface area contributed by atoms with Gasteiger partial charge in [0.25, 0.3) is 0 Å². The molecule has 0 unspecified atom stereocenters. The Bertz CT molecular complexity index is 678. The molecule has 0 spiro atoms. The van der Waals surface area contributed by atoms with E-state index in [1.165, 1.54) is 0 Å². The van der Waals surface area contributed by atoms with Gasteiger partial charge >= 0.3 is 0 Å². The molecule has 1 N–H and O–H groups in total. The average molecular weight is 235 g/mol. The summed E-state index contributed by atoms with van der Waals surface area (Å²) in [4.78, 5) is 8.54. The highest BCUT2D eigenvalue weighted by molar-refractivity contribution is 5.93. The van der Waals surface area contributed by atoms with Crippen LogP contribution in [-0.4, -0.2) is 9.97 Å². The van der Waals surface area contributed by atoms with E-state index in [1.54, 1.807) is 12.4 Å². The van der Waals surface area contributed by atoms with E-state index in [0.717, 1.165) is 28.0 Å². The van der Waals surface area contributed by atoms with Crippen LogP contribution in [0.5, 0.6) is 0 Å². The molecule has 2 heterocycles. The number of nitrogens with one attached hydrogen (secondary N) is 1. The Balaban J connectivity index is 2.11. The minimum atomic E-state index is 1.00. The maximum Gasteiger partial charge on any atom is 0.0726 e. The summed E-state index contributed by atoms with van der Waals surface area (Å²) >= 11 is 0. The molecule has 2 aromatic heterocycles. The number of rotatable bonds is 2. The molecule has 0 radical (unpaired) electrons. The summed E-state index contributed by atoms with van der Waals surface area (Å²) in [7, 11) is 0. The van der Waals surface area contributed by atoms with E-state index in [-0.39, 0.29) is 0 Å². The summed E-state index contributed by atoms with van der Waals surface area (Å²) in [5.74, 6) is 0. The molecule has 0 amide bonds. The van der Waals surface area contributed by atoms with Crippen LogP contribution in [0.4, 0.5) is 11.4 Å². The van der Waals surface area contributed by atoms with Gasteiger partial charge in [-0.1, -0.05) is 18.2 Å². The number of aryl methyl sites for hydroxylation is 1. The second kappa shape index (κ2) is 4.45. The van der Waals surface area contributed by atoms with E-state index in [4.69, 9.17) is 0 Å². The smallest absolute Gasteiger partial charge is 0.0726 e. The van der Waals surface area contributed by atoms with Gasteiger partial charge in [-0.25, -0.2) is 0 Å². The van der Waals surface area contributed by atoms with Crippen molar-refractivity contribution in [1.82, 2.24) is 9.97 Å². The number of aromatic nitrogens is 2. The van der Waals surface area contributed by atoms with Crippen molar-refractivity contribution >= 4 is 22.3 Å². The third-order valence-electron chi connectivity index (χ3n) is 2.80. The minimum absolute atomic E-state index is 1.00. The number of pyridine rings is 2. The van der Waals surface area contributed by atoms with Gasteiger partial charge in [-0.3, -0.25) is 9.97 Å². The fraction of sp³-hybridized carbons (Fsp3) is 0.0667. The fourth-order valence-electron chi connectivity index (χ4n) is 2.00. The molecule has 18 heavy (non-hydrogen) atoms. The molecule has 88 valence electrons. The number of nitrogens with zero attached hydrogens (tertiary/aromatic N) is 2. The van der Waals surface area contributed by atoms with Crippen LogP contribution in [0, 0.1) is 6.92 Å². The van der Waals surface area contributed by atoms with Crippen molar-refractivity contribution in [2.45, 2.75) is 6.92 Å². The fourth-order valence-corrected chi connectivity index (χ4v) is 2.00. The van der Waals surface area contributed by atoms with Gasteiger partial charge < -0.3 is 5.32 Å². The van der Waals surface area contributed by atoms with Gasteiger partial charge in [-0.15, -0.1) is 0 Å². The van der Waals surface area contributed by atoms with Gasteiger partial charge in [0.05, 0.1) is 5.52 Å². The second-order valence-electron chi connectivity index (χ2n) is 4.19. The summed E-state index contributed by atoms with van der Waals surface area (Å²) in [5.41, 5.74) is 4.12. The van der Waals surface area contributed by atoms with E-state index in [2.05, 4.69) is 27.4 Å². The molecule has 0 aliphatic heterocycles. The normalized spacial score (nSPS) is 10.5. The standard InChI is InChI=1S/C15H13N3/c1-11-10-15(18-12-6-8-16-9-7-12)13-4-2-3-5-14(13)17-11/h2-10H,1H3,(H,16,17,18). The van der Waals surface area contributed by atoms with Crippen molar-refractivity contribution < 1.29 is 0 Å². The molecule has 3 aromatic rings. The van der Waals surface area contributed by atoms with Crippen LogP contribution in [0.3, 0.4) is 0 Å². The zero-order valence-electron chi connectivity index (χ0n) is 10.1. The quantitative estimate of drug-likeness (QED) is 0.736. The average Bonchev–Trinajstić information content (AvgIpc) is 2.40. The molecule has 0 aliphatic rings. The van der Waals surface area contributed by atoms with E-state index in [1.807, 2.05) is 37.3 Å². The molecule has 0 atom stereocenters. The van der Waals surface area contributed by atoms with Crippen molar-refractivity contribution in [3.63, 3.8) is 0 Å². The van der Waals surface area contributed by atoms with Crippen LogP contribution < -0.4 is 5.32 Å². The lowest BCUT2D eigenvalue weighted by molar-refractivity contribution is 1.25. The Morgan fingerprint density at radius 1 is 1.00 bits per heavy atom. The Labute approximate surface area is 106 Å². The predicted molar refractivity (Wildman–Crippen MR) is 74.0 cm³/mol. The van der Waals surface area contributed by atoms with Crippen LogP contribution in [0.25, 0.3) is 10.9 Å². The first-order valence-electron chi connectivity index (χ1n) is 5.86. The number of benzene rings is 1. The van der Waals surface area contributed by atoms with Crippen LogP contribution in [0.2, 0.25) is 0 Å². The molecule has 0 saturated carbocycles. The van der Waals surface area contributed by atoms with Crippen LogP contribution >= 0.6 is 0 Å². The third kappa shape index (κ3) is 2.02. The molecule has 3 heteroatoms. The predicted octanol–water partition coefficient (Wildman–Crippen LogP) is 3.68. The van der Waals surface area contributed by atoms with Crippen molar-refractivity contribution in [3.05, 3.63) is 60.6 Å². The maximum absolute atomic E-state index is 4.53. The molecule has 0 aliphatic carbocycles. The maximum atomic E-state index is 4.53. The van der Waals surface area contributed by atoms with Gasteiger partial charge in [-0.05, 0) is 31.2 Å². The van der Waals surface area contributed by atoms with E-state index < -0.39 is 0 Å². The monoisotopic (exact) mass is 235 g/mol. The number of fused-ring (bicyclic) bond motifs is 1. The van der Waals surface area contributed by atoms with Gasteiger partial charge in [0.15, 0.2) is 0 Å². The number of anilines is 2. The lowest BCUT2D eigenvalue weighted by atomic mass is 10.1. The number of hydrogen-bond acceptors (Lipinski definition) is 3. The number of hydrogen-bond donors (Lipinski definition) is 1. The van der Waals surface area contributed by atoms with Gasteiger partial charge in [0.1, 0.15) is 0 Å². The topological polar surface area (TPSA) is 37.8 Å². The summed E-state index contributed by atoms with van der Waals surface area (Å²) < 4.78 is 0. The molecule has 0 bridgehead atoms. The number of para-hydroxylation sites is 1. The van der Waals surface area contributed by atoms with Gasteiger partial charge in [-0.2, -0.15) is 0 Å². The highest BCUT2D eigenvalue weighted by Gasteiger charge is 2.03. The van der Waals surface area contributed by atoms with E-state index in [9.17, 15) is 0 Å². The first-order valence-corrected chi connectivity index (χ1v) is 5.86. The SMILES string of the molecule is Cc1cc(Nc2ccncc2)c2ccccc2n1. The van der Waals surface area contributed by atoms with E-state index in [0.29, 0.717) is 0 Å². The van der Waals surface area contributed by atoms with E-state index >= 15 is 0 Å². The van der Waals surface area contributed by atoms with Gasteiger partial charge in [0, 0.05) is 34.8 Å². The first-order chi connectivity index (χ1) is 8.83. The van der Waals surface area contributed by atoms with Crippen molar-refractivity contribution in [3.8, 4) is 0 Å². The van der Waals surface area contributed by atoms with Crippen molar-refractivity contribution in [2.75, 3.05) is 5.32 Å². The molecule has 3 nitrogen and oxygen atoms in total. The molecule has 1 aromatic carbocycles. The molecule has 3 rings (SSSR count). The first kappa shape index (κ1) is 10.7. The Morgan fingerprint density at radius 3 is 2.61 bits per heavy atom. The summed E-state index contributed by atoms with van der Waals surface area (Å²) in [6.45, 7) is 2.00. The highest BCUT2D eigenvalue weighted by atomic mass is 14.9. The summed E-state index contributed by atoms with van der Waals surface area (Å²) in [6, 6.07) is 14.1. The zero-order chi connectivity index (χ0) is 12.4. The molecule has 0 fully saturated rings. The van der Waals surface area contributed by atoms with Crippen LogP contribution in [0.1, 0.15) is 5.69 Å². The third-order valence-corrected chi connectivity index (χ3v) is 2.80. The summed E-state index contributed by atoms with van der Waals surface area (Å²) in [5, 5.41) is 4.53. The van der Waals surface area contributed by atoms with Gasteiger partial charge in [0.2, 0.25) is 0 Å². The van der Waals surface area contributed by atoms with Crippen molar-refractivity contribution in [1.29, 1.82) is 0 Å². The lowest BCUT2D eigenvalue weighted by Crippen LogP contribution is -1.94.